The molecule has 2 rings (SSSR count). The molecular formula is C16H33N3. The lowest BCUT2D eigenvalue weighted by Crippen LogP contribution is -2.54. The van der Waals surface area contributed by atoms with Crippen LogP contribution in [0, 0.1) is 0 Å². The maximum atomic E-state index is 3.67. The monoisotopic (exact) mass is 267 g/mol. The second kappa shape index (κ2) is 7.05. The van der Waals surface area contributed by atoms with Crippen LogP contribution >= 0.6 is 0 Å². The van der Waals surface area contributed by atoms with Gasteiger partial charge >= 0.3 is 0 Å². The van der Waals surface area contributed by atoms with Gasteiger partial charge in [-0.3, -0.25) is 4.90 Å². The lowest BCUT2D eigenvalue weighted by atomic mass is 9.95. The first-order valence-electron chi connectivity index (χ1n) is 8.42. The third-order valence-electron chi connectivity index (χ3n) is 5.21. The van der Waals surface area contributed by atoms with Crippen molar-refractivity contribution < 1.29 is 0 Å². The molecule has 0 radical (unpaired) electrons. The number of nitrogens with one attached hydrogen (secondary N) is 1. The maximum Gasteiger partial charge on any atom is 0.0200 e. The summed E-state index contributed by atoms with van der Waals surface area (Å²) in [4.78, 5) is 5.42. The Labute approximate surface area is 119 Å². The number of likely N-dealkylation sites (N-methyl/N-ethyl adjacent to an activating group) is 1. The fraction of sp³-hybridized carbons (Fsp3) is 1.00. The van der Waals surface area contributed by atoms with Crippen molar-refractivity contribution in [3.63, 3.8) is 0 Å². The minimum Gasteiger partial charge on any atom is -0.314 e. The zero-order valence-corrected chi connectivity index (χ0v) is 13.4. The molecule has 112 valence electrons. The summed E-state index contributed by atoms with van der Waals surface area (Å²) in [7, 11) is 0. The van der Waals surface area contributed by atoms with E-state index in [0.717, 1.165) is 30.7 Å². The van der Waals surface area contributed by atoms with Gasteiger partial charge in [-0.25, -0.2) is 0 Å². The Hall–Kier alpha value is -0.120. The van der Waals surface area contributed by atoms with Crippen LogP contribution in [0.25, 0.3) is 0 Å². The highest BCUT2D eigenvalue weighted by molar-refractivity contribution is 4.99. The smallest absolute Gasteiger partial charge is 0.0200 e. The van der Waals surface area contributed by atoms with E-state index in [1.165, 1.54) is 45.3 Å². The van der Waals surface area contributed by atoms with Gasteiger partial charge in [0.15, 0.2) is 0 Å². The number of piperidine rings is 1. The molecule has 0 aromatic heterocycles. The summed E-state index contributed by atoms with van der Waals surface area (Å²) in [5.41, 5.74) is 0. The predicted molar refractivity (Wildman–Crippen MR) is 82.6 cm³/mol. The molecule has 2 aliphatic rings. The molecule has 0 aliphatic carbocycles. The quantitative estimate of drug-likeness (QED) is 0.764. The van der Waals surface area contributed by atoms with Gasteiger partial charge in [0.05, 0.1) is 0 Å². The second-order valence-electron chi connectivity index (χ2n) is 6.39. The minimum absolute atomic E-state index is 0.722. The molecule has 0 aromatic rings. The van der Waals surface area contributed by atoms with Crippen molar-refractivity contribution >= 4 is 0 Å². The number of hydrogen-bond acceptors (Lipinski definition) is 3. The van der Waals surface area contributed by atoms with Crippen LogP contribution in [-0.4, -0.2) is 60.1 Å². The zero-order chi connectivity index (χ0) is 13.8. The van der Waals surface area contributed by atoms with Crippen LogP contribution in [0.5, 0.6) is 0 Å². The maximum absolute atomic E-state index is 3.67. The standard InChI is InChI=1S/C16H33N3/c1-5-17-14-10-15-8-9-16(11-14)19(15)13(4)12-18(6-2)7-3/h13-17H,5-12H2,1-4H3. The van der Waals surface area contributed by atoms with E-state index in [1.54, 1.807) is 0 Å². The molecule has 2 heterocycles. The molecule has 0 aromatic carbocycles. The van der Waals surface area contributed by atoms with E-state index in [-0.39, 0.29) is 0 Å². The molecule has 0 amide bonds. The van der Waals surface area contributed by atoms with Gasteiger partial charge in [-0.15, -0.1) is 0 Å². The summed E-state index contributed by atoms with van der Waals surface area (Å²) in [5, 5.41) is 3.67. The fourth-order valence-corrected chi connectivity index (χ4v) is 4.34. The molecule has 19 heavy (non-hydrogen) atoms. The molecule has 2 bridgehead atoms. The van der Waals surface area contributed by atoms with Crippen LogP contribution in [0.3, 0.4) is 0 Å². The van der Waals surface area contributed by atoms with E-state index in [4.69, 9.17) is 0 Å². The lowest BCUT2D eigenvalue weighted by molar-refractivity contribution is 0.0590. The Balaban J connectivity index is 1.91. The predicted octanol–water partition coefficient (Wildman–Crippen LogP) is 2.32. The van der Waals surface area contributed by atoms with E-state index >= 15 is 0 Å². The van der Waals surface area contributed by atoms with E-state index in [0.29, 0.717) is 0 Å². The van der Waals surface area contributed by atoms with Gasteiger partial charge in [-0.2, -0.15) is 0 Å². The third kappa shape index (κ3) is 3.50. The van der Waals surface area contributed by atoms with Crippen LogP contribution < -0.4 is 5.32 Å². The third-order valence-corrected chi connectivity index (χ3v) is 5.21. The van der Waals surface area contributed by atoms with Crippen LogP contribution in [0.15, 0.2) is 0 Å². The van der Waals surface area contributed by atoms with E-state index in [2.05, 4.69) is 42.8 Å². The molecule has 0 spiro atoms. The molecular weight excluding hydrogens is 234 g/mol. The van der Waals surface area contributed by atoms with E-state index in [1.807, 2.05) is 0 Å². The van der Waals surface area contributed by atoms with Crippen molar-refractivity contribution in [1.29, 1.82) is 0 Å². The van der Waals surface area contributed by atoms with Gasteiger partial charge in [0.25, 0.3) is 0 Å². The molecule has 3 unspecified atom stereocenters. The van der Waals surface area contributed by atoms with Crippen LogP contribution in [0.2, 0.25) is 0 Å². The average molecular weight is 267 g/mol. The molecule has 3 nitrogen and oxygen atoms in total. The van der Waals surface area contributed by atoms with Crippen molar-refractivity contribution in [2.75, 3.05) is 26.2 Å². The first-order valence-corrected chi connectivity index (χ1v) is 8.42. The van der Waals surface area contributed by atoms with Crippen molar-refractivity contribution in [3.05, 3.63) is 0 Å². The Morgan fingerprint density at radius 1 is 1.11 bits per heavy atom. The number of nitrogens with zero attached hydrogens (tertiary/aromatic N) is 2. The molecule has 1 N–H and O–H groups in total. The molecule has 2 aliphatic heterocycles. The summed E-state index contributed by atoms with van der Waals surface area (Å²) in [6.45, 7) is 14.0. The Morgan fingerprint density at radius 3 is 2.16 bits per heavy atom. The second-order valence-corrected chi connectivity index (χ2v) is 6.39. The summed E-state index contributed by atoms with van der Waals surface area (Å²) in [5.74, 6) is 0. The zero-order valence-electron chi connectivity index (χ0n) is 13.4. The molecule has 2 fully saturated rings. The number of rotatable bonds is 7. The highest BCUT2D eigenvalue weighted by atomic mass is 15.3. The van der Waals surface area contributed by atoms with Crippen molar-refractivity contribution in [1.82, 2.24) is 15.1 Å². The van der Waals surface area contributed by atoms with E-state index in [9.17, 15) is 0 Å². The Bertz CT molecular complexity index is 251. The average Bonchev–Trinajstić information content (AvgIpc) is 2.68. The molecule has 3 heteroatoms. The highest BCUT2D eigenvalue weighted by Gasteiger charge is 2.42. The Kier molecular flexibility index (Phi) is 5.67. The van der Waals surface area contributed by atoms with E-state index < -0.39 is 0 Å². The molecule has 0 saturated carbocycles. The van der Waals surface area contributed by atoms with Crippen molar-refractivity contribution in [2.24, 2.45) is 0 Å². The Morgan fingerprint density at radius 2 is 1.68 bits per heavy atom. The number of fused-ring (bicyclic) bond motifs is 2. The minimum atomic E-state index is 0.722. The molecule has 3 atom stereocenters. The lowest BCUT2D eigenvalue weighted by Gasteiger charge is -2.44. The highest BCUT2D eigenvalue weighted by Crippen LogP contribution is 2.37. The number of hydrogen-bond donors (Lipinski definition) is 1. The van der Waals surface area contributed by atoms with Gasteiger partial charge in [0.2, 0.25) is 0 Å². The normalized spacial score (nSPS) is 33.0. The van der Waals surface area contributed by atoms with Gasteiger partial charge in [-0.05, 0) is 52.2 Å². The first kappa shape index (κ1) is 15.3. The summed E-state index contributed by atoms with van der Waals surface area (Å²) >= 11 is 0. The molecule has 2 saturated heterocycles. The van der Waals surface area contributed by atoms with Crippen molar-refractivity contribution in [3.8, 4) is 0 Å². The van der Waals surface area contributed by atoms with Crippen LogP contribution in [-0.2, 0) is 0 Å². The summed E-state index contributed by atoms with van der Waals surface area (Å²) < 4.78 is 0. The van der Waals surface area contributed by atoms with Gasteiger partial charge in [-0.1, -0.05) is 20.8 Å². The SMILES string of the molecule is CCNC1CC2CCC(C1)N2C(C)CN(CC)CC. The van der Waals surface area contributed by atoms with Gasteiger partial charge < -0.3 is 10.2 Å². The fourth-order valence-electron chi connectivity index (χ4n) is 4.34. The van der Waals surface area contributed by atoms with Gasteiger partial charge in [0, 0.05) is 30.7 Å². The van der Waals surface area contributed by atoms with Crippen LogP contribution in [0.1, 0.15) is 53.4 Å². The van der Waals surface area contributed by atoms with Gasteiger partial charge in [0.1, 0.15) is 0 Å². The summed E-state index contributed by atoms with van der Waals surface area (Å²) in [6.07, 6.45) is 5.59. The summed E-state index contributed by atoms with van der Waals surface area (Å²) in [6, 6.07) is 3.18. The topological polar surface area (TPSA) is 18.5 Å². The van der Waals surface area contributed by atoms with Crippen molar-refractivity contribution in [2.45, 2.75) is 77.5 Å². The van der Waals surface area contributed by atoms with Crippen LogP contribution in [0.4, 0.5) is 0 Å². The largest absolute Gasteiger partial charge is 0.314 e. The first-order chi connectivity index (χ1) is 9.19.